The van der Waals surface area contributed by atoms with E-state index in [1.807, 2.05) is 44.2 Å². The molecule has 1 aromatic heterocycles. The quantitative estimate of drug-likeness (QED) is 0.649. The first kappa shape index (κ1) is 19.5. The van der Waals surface area contributed by atoms with E-state index in [1.54, 1.807) is 23.1 Å². The van der Waals surface area contributed by atoms with Crippen molar-refractivity contribution in [3.63, 3.8) is 0 Å². The summed E-state index contributed by atoms with van der Waals surface area (Å²) in [5.74, 6) is 0.680. The fraction of sp³-hybridized carbons (Fsp3) is 0.368. The van der Waals surface area contributed by atoms with Crippen LogP contribution in [-0.2, 0) is 10.5 Å². The normalized spacial score (nSPS) is 11.8. The zero-order valence-corrected chi connectivity index (χ0v) is 16.2. The highest BCUT2D eigenvalue weighted by molar-refractivity contribution is 7.98. The second kappa shape index (κ2) is 10.3. The van der Waals surface area contributed by atoms with Gasteiger partial charge in [-0.2, -0.15) is 0 Å². The van der Waals surface area contributed by atoms with Crippen LogP contribution in [0.1, 0.15) is 41.9 Å². The molecule has 1 atom stereocenters. The molecular formula is C19H24N2O2S2. The minimum absolute atomic E-state index is 0.0324. The molecule has 0 spiro atoms. The summed E-state index contributed by atoms with van der Waals surface area (Å²) in [6, 6.07) is 11.9. The maximum atomic E-state index is 12.4. The van der Waals surface area contributed by atoms with Crippen LogP contribution in [0.15, 0.2) is 46.7 Å². The molecular weight excluding hydrogens is 352 g/mol. The first-order valence-electron chi connectivity index (χ1n) is 8.42. The highest BCUT2D eigenvalue weighted by Crippen LogP contribution is 2.27. The van der Waals surface area contributed by atoms with Gasteiger partial charge in [0, 0.05) is 34.5 Å². The number of thioether (sulfide) groups is 1. The molecule has 0 aliphatic rings. The lowest BCUT2D eigenvalue weighted by atomic mass is 10.2. The largest absolute Gasteiger partial charge is 0.354 e. The van der Waals surface area contributed by atoms with Gasteiger partial charge in [-0.25, -0.2) is 0 Å². The van der Waals surface area contributed by atoms with E-state index in [4.69, 9.17) is 0 Å². The average Bonchev–Trinajstić information content (AvgIpc) is 3.13. The minimum atomic E-state index is -0.134. The van der Waals surface area contributed by atoms with Crippen LogP contribution in [0.4, 0.5) is 0 Å². The van der Waals surface area contributed by atoms with Gasteiger partial charge in [0.15, 0.2) is 0 Å². The van der Waals surface area contributed by atoms with Gasteiger partial charge >= 0.3 is 0 Å². The molecule has 1 aromatic carbocycles. The first-order chi connectivity index (χ1) is 12.1. The van der Waals surface area contributed by atoms with E-state index in [-0.39, 0.29) is 17.9 Å². The van der Waals surface area contributed by atoms with E-state index in [0.717, 1.165) is 17.1 Å². The van der Waals surface area contributed by atoms with Crippen molar-refractivity contribution in [1.82, 2.24) is 10.6 Å². The molecule has 0 fully saturated rings. The zero-order chi connectivity index (χ0) is 18.1. The zero-order valence-electron chi connectivity index (χ0n) is 14.6. The molecule has 2 aromatic rings. The van der Waals surface area contributed by atoms with Gasteiger partial charge in [-0.1, -0.05) is 25.1 Å². The SMILES string of the molecule is CCC(C)NC(=O)CCNC(=O)c1ccccc1SCc1cccs1. The molecule has 1 unspecified atom stereocenters. The Labute approximate surface area is 157 Å². The van der Waals surface area contributed by atoms with Crippen molar-refractivity contribution in [2.75, 3.05) is 6.54 Å². The van der Waals surface area contributed by atoms with Gasteiger partial charge in [0.2, 0.25) is 5.91 Å². The number of amides is 2. The summed E-state index contributed by atoms with van der Waals surface area (Å²) >= 11 is 3.37. The number of carbonyl (C=O) groups is 2. The van der Waals surface area contributed by atoms with E-state index < -0.39 is 0 Å². The Morgan fingerprint density at radius 2 is 2.00 bits per heavy atom. The van der Waals surface area contributed by atoms with Crippen LogP contribution in [0.3, 0.4) is 0 Å². The van der Waals surface area contributed by atoms with Crippen LogP contribution in [-0.4, -0.2) is 24.4 Å². The number of thiophene rings is 1. The van der Waals surface area contributed by atoms with Gasteiger partial charge in [0.1, 0.15) is 0 Å². The number of carbonyl (C=O) groups excluding carboxylic acids is 2. The summed E-state index contributed by atoms with van der Waals surface area (Å²) < 4.78 is 0. The van der Waals surface area contributed by atoms with Gasteiger partial charge in [0.25, 0.3) is 5.91 Å². The number of hydrogen-bond acceptors (Lipinski definition) is 4. The van der Waals surface area contributed by atoms with Gasteiger partial charge in [0.05, 0.1) is 5.56 Å². The van der Waals surface area contributed by atoms with Crippen LogP contribution >= 0.6 is 23.1 Å². The van der Waals surface area contributed by atoms with E-state index in [9.17, 15) is 9.59 Å². The van der Waals surface area contributed by atoms with Crippen LogP contribution in [0.2, 0.25) is 0 Å². The highest BCUT2D eigenvalue weighted by atomic mass is 32.2. The highest BCUT2D eigenvalue weighted by Gasteiger charge is 2.12. The molecule has 4 nitrogen and oxygen atoms in total. The third-order valence-corrected chi connectivity index (χ3v) is 5.92. The van der Waals surface area contributed by atoms with E-state index in [0.29, 0.717) is 18.5 Å². The molecule has 0 saturated heterocycles. The lowest BCUT2D eigenvalue weighted by Crippen LogP contribution is -2.35. The molecule has 0 aliphatic heterocycles. The monoisotopic (exact) mass is 376 g/mol. The van der Waals surface area contributed by atoms with Crippen LogP contribution in [0.25, 0.3) is 0 Å². The summed E-state index contributed by atoms with van der Waals surface area (Å²) in [5, 5.41) is 7.80. The molecule has 2 rings (SSSR count). The van der Waals surface area contributed by atoms with Gasteiger partial charge in [-0.15, -0.1) is 23.1 Å². The van der Waals surface area contributed by atoms with Crippen molar-refractivity contribution in [3.05, 3.63) is 52.2 Å². The predicted octanol–water partition coefficient (Wildman–Crippen LogP) is 4.08. The number of rotatable bonds is 9. The molecule has 2 N–H and O–H groups in total. The molecule has 134 valence electrons. The third kappa shape index (κ3) is 6.55. The fourth-order valence-electron chi connectivity index (χ4n) is 2.16. The fourth-order valence-corrected chi connectivity index (χ4v) is 3.98. The summed E-state index contributed by atoms with van der Waals surface area (Å²) in [6.45, 7) is 4.33. The summed E-state index contributed by atoms with van der Waals surface area (Å²) in [7, 11) is 0. The number of hydrogen-bond donors (Lipinski definition) is 2. The summed E-state index contributed by atoms with van der Waals surface area (Å²) in [4.78, 5) is 26.4. The number of nitrogens with one attached hydrogen (secondary N) is 2. The van der Waals surface area contributed by atoms with Crippen molar-refractivity contribution in [2.24, 2.45) is 0 Å². The summed E-state index contributed by atoms with van der Waals surface area (Å²) in [6.07, 6.45) is 1.19. The standard InChI is InChI=1S/C19H24N2O2S2/c1-3-14(2)21-18(22)10-11-20-19(23)16-8-4-5-9-17(16)25-13-15-7-6-12-24-15/h4-9,12,14H,3,10-11,13H2,1-2H3,(H,20,23)(H,21,22). The van der Waals surface area contributed by atoms with Gasteiger partial charge in [-0.05, 0) is 36.9 Å². The maximum Gasteiger partial charge on any atom is 0.252 e. The lowest BCUT2D eigenvalue weighted by Gasteiger charge is -2.12. The van der Waals surface area contributed by atoms with Crippen molar-refractivity contribution in [1.29, 1.82) is 0 Å². The smallest absolute Gasteiger partial charge is 0.252 e. The second-order valence-electron chi connectivity index (χ2n) is 5.75. The van der Waals surface area contributed by atoms with Gasteiger partial charge in [-0.3, -0.25) is 9.59 Å². The molecule has 2 amide bonds. The Kier molecular flexibility index (Phi) is 8.01. The Morgan fingerprint density at radius 3 is 2.72 bits per heavy atom. The molecule has 6 heteroatoms. The van der Waals surface area contributed by atoms with E-state index in [2.05, 4.69) is 22.1 Å². The second-order valence-corrected chi connectivity index (χ2v) is 7.80. The maximum absolute atomic E-state index is 12.4. The van der Waals surface area contributed by atoms with Crippen molar-refractivity contribution < 1.29 is 9.59 Å². The van der Waals surface area contributed by atoms with Crippen LogP contribution < -0.4 is 10.6 Å². The Morgan fingerprint density at radius 1 is 1.20 bits per heavy atom. The van der Waals surface area contributed by atoms with Crippen LogP contribution in [0.5, 0.6) is 0 Å². The van der Waals surface area contributed by atoms with Crippen molar-refractivity contribution in [3.8, 4) is 0 Å². The Hall–Kier alpha value is -1.79. The van der Waals surface area contributed by atoms with Crippen molar-refractivity contribution >= 4 is 34.9 Å². The minimum Gasteiger partial charge on any atom is -0.354 e. The molecule has 0 saturated carbocycles. The predicted molar refractivity (Wildman–Crippen MR) is 105 cm³/mol. The van der Waals surface area contributed by atoms with Crippen molar-refractivity contribution in [2.45, 2.75) is 43.4 Å². The van der Waals surface area contributed by atoms with E-state index >= 15 is 0 Å². The third-order valence-electron chi connectivity index (χ3n) is 3.74. The Bertz CT molecular complexity index is 686. The summed E-state index contributed by atoms with van der Waals surface area (Å²) in [5.41, 5.74) is 0.659. The molecule has 0 radical (unpaired) electrons. The topological polar surface area (TPSA) is 58.2 Å². The molecule has 1 heterocycles. The van der Waals surface area contributed by atoms with E-state index in [1.165, 1.54) is 4.88 Å². The molecule has 0 bridgehead atoms. The average molecular weight is 377 g/mol. The lowest BCUT2D eigenvalue weighted by molar-refractivity contribution is -0.121. The van der Waals surface area contributed by atoms with Gasteiger partial charge < -0.3 is 10.6 Å². The molecule has 0 aliphatic carbocycles. The molecule has 25 heavy (non-hydrogen) atoms. The van der Waals surface area contributed by atoms with Crippen LogP contribution in [0, 0.1) is 0 Å². The first-order valence-corrected chi connectivity index (χ1v) is 10.3. The number of benzene rings is 1. The Balaban J connectivity index is 1.85.